The van der Waals surface area contributed by atoms with Crippen molar-refractivity contribution in [2.45, 2.75) is 62.7 Å². The van der Waals surface area contributed by atoms with Gasteiger partial charge in [-0.3, -0.25) is 9.89 Å². The molecule has 0 amide bonds. The van der Waals surface area contributed by atoms with E-state index in [-0.39, 0.29) is 23.7 Å². The highest BCUT2D eigenvalue weighted by Crippen LogP contribution is 2.36. The number of thioether (sulfide) groups is 1. The molecule has 0 radical (unpaired) electrons. The first-order chi connectivity index (χ1) is 13.9. The molecule has 5 nitrogen and oxygen atoms in total. The molecule has 2 N–H and O–H groups in total. The van der Waals surface area contributed by atoms with Crippen molar-refractivity contribution >= 4 is 16.9 Å². The number of aliphatic imine (C=N–C) groups is 1. The standard InChI is InChI=1S/C21H30F2N4OS/c1-4-27-19-10-26(9-18(19)25-21(27)29-12(2)3)14-8-17(24)20(28-11-14)15-7-13(22)5-6-16(15)23/h5-7,12,14,17-20H,4,8-11,24H2,1-3H3/t14?,17?,18?,19?,20-/m1/s1. The van der Waals surface area contributed by atoms with Crippen LogP contribution in [-0.2, 0) is 4.74 Å². The summed E-state index contributed by atoms with van der Waals surface area (Å²) in [5, 5.41) is 1.68. The molecule has 1 aromatic rings. The van der Waals surface area contributed by atoms with Crippen LogP contribution in [0, 0.1) is 11.6 Å². The first-order valence-electron chi connectivity index (χ1n) is 10.4. The van der Waals surface area contributed by atoms with E-state index in [9.17, 15) is 8.78 Å². The summed E-state index contributed by atoms with van der Waals surface area (Å²) >= 11 is 1.84. The van der Waals surface area contributed by atoms with Crippen LogP contribution in [0.5, 0.6) is 0 Å². The molecule has 160 valence electrons. The third-order valence-corrected chi connectivity index (χ3v) is 7.10. The van der Waals surface area contributed by atoms with Crippen LogP contribution < -0.4 is 5.73 Å². The van der Waals surface area contributed by atoms with E-state index >= 15 is 0 Å². The predicted octanol–water partition coefficient (Wildman–Crippen LogP) is 3.01. The zero-order valence-electron chi connectivity index (χ0n) is 17.2. The number of fused-ring (bicyclic) bond motifs is 1. The Morgan fingerprint density at radius 2 is 2.10 bits per heavy atom. The number of hydrogen-bond acceptors (Lipinski definition) is 6. The van der Waals surface area contributed by atoms with Crippen molar-refractivity contribution in [2.75, 3.05) is 26.2 Å². The molecule has 0 saturated carbocycles. The summed E-state index contributed by atoms with van der Waals surface area (Å²) in [4.78, 5) is 9.82. The van der Waals surface area contributed by atoms with Gasteiger partial charge in [0.2, 0.25) is 0 Å². The van der Waals surface area contributed by atoms with Gasteiger partial charge in [0.1, 0.15) is 17.7 Å². The summed E-state index contributed by atoms with van der Waals surface area (Å²) in [5.41, 5.74) is 6.57. The molecule has 3 aliphatic rings. The van der Waals surface area contributed by atoms with Gasteiger partial charge < -0.3 is 15.4 Å². The summed E-state index contributed by atoms with van der Waals surface area (Å²) in [7, 11) is 0. The molecule has 2 saturated heterocycles. The predicted molar refractivity (Wildman–Crippen MR) is 113 cm³/mol. The maximum absolute atomic E-state index is 14.2. The first-order valence-corrected chi connectivity index (χ1v) is 11.3. The number of benzene rings is 1. The maximum atomic E-state index is 14.2. The van der Waals surface area contributed by atoms with E-state index < -0.39 is 17.7 Å². The number of halogens is 2. The largest absolute Gasteiger partial charge is 0.370 e. The van der Waals surface area contributed by atoms with E-state index in [2.05, 4.69) is 30.6 Å². The van der Waals surface area contributed by atoms with Crippen molar-refractivity contribution in [3.05, 3.63) is 35.4 Å². The molecule has 3 aliphatic heterocycles. The quantitative estimate of drug-likeness (QED) is 0.805. The average Bonchev–Trinajstić information content (AvgIpc) is 3.20. The van der Waals surface area contributed by atoms with Gasteiger partial charge in [-0.25, -0.2) is 8.78 Å². The fraction of sp³-hybridized carbons (Fsp3) is 0.667. The van der Waals surface area contributed by atoms with Crippen molar-refractivity contribution in [1.29, 1.82) is 0 Å². The van der Waals surface area contributed by atoms with Gasteiger partial charge in [-0.15, -0.1) is 0 Å². The third kappa shape index (κ3) is 4.17. The number of hydrogen-bond donors (Lipinski definition) is 1. The Labute approximate surface area is 175 Å². The zero-order valence-corrected chi connectivity index (χ0v) is 18.0. The lowest BCUT2D eigenvalue weighted by molar-refractivity contribution is -0.0479. The smallest absolute Gasteiger partial charge is 0.160 e. The lowest BCUT2D eigenvalue weighted by Crippen LogP contribution is -2.49. The molecule has 1 aromatic carbocycles. The normalized spacial score (nSPS) is 32.7. The monoisotopic (exact) mass is 424 g/mol. The molecule has 8 heteroatoms. The van der Waals surface area contributed by atoms with Gasteiger partial charge in [0.15, 0.2) is 5.17 Å². The highest BCUT2D eigenvalue weighted by Gasteiger charge is 2.46. The van der Waals surface area contributed by atoms with Gasteiger partial charge in [-0.1, -0.05) is 25.6 Å². The molecule has 29 heavy (non-hydrogen) atoms. The third-order valence-electron chi connectivity index (χ3n) is 6.07. The van der Waals surface area contributed by atoms with Crippen LogP contribution in [0.4, 0.5) is 8.78 Å². The fourth-order valence-corrected chi connectivity index (χ4v) is 5.74. The highest BCUT2D eigenvalue weighted by molar-refractivity contribution is 8.14. The number of nitrogens with zero attached hydrogens (tertiary/aromatic N) is 3. The Hall–Kier alpha value is -1.22. The van der Waals surface area contributed by atoms with Gasteiger partial charge in [0.25, 0.3) is 0 Å². The van der Waals surface area contributed by atoms with Crippen LogP contribution >= 0.6 is 11.8 Å². The Morgan fingerprint density at radius 1 is 1.31 bits per heavy atom. The van der Waals surface area contributed by atoms with Crippen LogP contribution in [-0.4, -0.2) is 70.6 Å². The van der Waals surface area contributed by atoms with E-state index in [1.165, 1.54) is 6.07 Å². The second-order valence-corrected chi connectivity index (χ2v) is 9.97. The lowest BCUT2D eigenvalue weighted by atomic mass is 9.93. The van der Waals surface area contributed by atoms with Crippen molar-refractivity contribution in [2.24, 2.45) is 10.7 Å². The zero-order chi connectivity index (χ0) is 20.7. The minimum atomic E-state index is -0.608. The van der Waals surface area contributed by atoms with Crippen LogP contribution in [0.2, 0.25) is 0 Å². The molecule has 0 aromatic heterocycles. The Kier molecular flexibility index (Phi) is 6.16. The van der Waals surface area contributed by atoms with E-state index in [1.54, 1.807) is 0 Å². The molecular weight excluding hydrogens is 394 g/mol. The Balaban J connectivity index is 1.41. The number of likely N-dealkylation sites (tertiary alicyclic amines) is 1. The lowest BCUT2D eigenvalue weighted by Gasteiger charge is -2.39. The van der Waals surface area contributed by atoms with Gasteiger partial charge in [0.05, 0.1) is 18.7 Å². The summed E-state index contributed by atoms with van der Waals surface area (Å²) < 4.78 is 33.7. The summed E-state index contributed by atoms with van der Waals surface area (Å²) in [6, 6.07) is 3.94. The number of nitrogens with two attached hydrogens (primary N) is 1. The molecule has 0 spiro atoms. The molecule has 0 aliphatic carbocycles. The average molecular weight is 425 g/mol. The van der Waals surface area contributed by atoms with Crippen molar-refractivity contribution in [1.82, 2.24) is 9.80 Å². The molecule has 0 bridgehead atoms. The Morgan fingerprint density at radius 3 is 2.79 bits per heavy atom. The SMILES string of the molecule is CCN1C(SC(C)C)=NC2CN(C3CO[C@H](c4cc(F)ccc4F)C(N)C3)CC21. The molecule has 2 fully saturated rings. The number of amidine groups is 1. The Bertz CT molecular complexity index is 777. The van der Waals surface area contributed by atoms with Crippen molar-refractivity contribution in [3.8, 4) is 0 Å². The van der Waals surface area contributed by atoms with E-state index in [4.69, 9.17) is 15.5 Å². The van der Waals surface area contributed by atoms with Crippen molar-refractivity contribution in [3.63, 3.8) is 0 Å². The van der Waals surface area contributed by atoms with Crippen LogP contribution in [0.3, 0.4) is 0 Å². The second-order valence-electron chi connectivity index (χ2n) is 8.43. The van der Waals surface area contributed by atoms with Crippen LogP contribution in [0.25, 0.3) is 0 Å². The second kappa shape index (κ2) is 8.49. The maximum Gasteiger partial charge on any atom is 0.160 e. The van der Waals surface area contributed by atoms with E-state index in [0.29, 0.717) is 24.3 Å². The first kappa shape index (κ1) is 21.0. The summed E-state index contributed by atoms with van der Waals surface area (Å²) in [5.74, 6) is -0.941. The fourth-order valence-electron chi connectivity index (χ4n) is 4.72. The molecular formula is C21H30F2N4OS. The minimum absolute atomic E-state index is 0.179. The summed E-state index contributed by atoms with van der Waals surface area (Å²) in [6.45, 7) is 9.82. The molecule has 5 atom stereocenters. The van der Waals surface area contributed by atoms with E-state index in [1.807, 2.05) is 11.8 Å². The highest BCUT2D eigenvalue weighted by atomic mass is 32.2. The number of ether oxygens (including phenoxy) is 1. The van der Waals surface area contributed by atoms with Gasteiger partial charge in [0, 0.05) is 42.5 Å². The van der Waals surface area contributed by atoms with Gasteiger partial charge in [-0.2, -0.15) is 0 Å². The topological polar surface area (TPSA) is 54.1 Å². The molecule has 4 rings (SSSR count). The summed E-state index contributed by atoms with van der Waals surface area (Å²) in [6.07, 6.45) is 0.0898. The van der Waals surface area contributed by atoms with Crippen molar-refractivity contribution < 1.29 is 13.5 Å². The van der Waals surface area contributed by atoms with Crippen LogP contribution in [0.1, 0.15) is 38.9 Å². The van der Waals surface area contributed by atoms with Gasteiger partial charge in [-0.05, 0) is 31.5 Å². The number of rotatable bonds is 4. The van der Waals surface area contributed by atoms with E-state index in [0.717, 1.165) is 36.9 Å². The van der Waals surface area contributed by atoms with Gasteiger partial charge >= 0.3 is 0 Å². The molecule has 4 unspecified atom stereocenters. The minimum Gasteiger partial charge on any atom is -0.370 e. The van der Waals surface area contributed by atoms with Crippen LogP contribution in [0.15, 0.2) is 23.2 Å². The molecule has 3 heterocycles. The number of likely N-dealkylation sites (N-methyl/N-ethyl adjacent to an activating group) is 1.